The molecule has 0 saturated carbocycles. The highest BCUT2D eigenvalue weighted by molar-refractivity contribution is 6.07. The highest BCUT2D eigenvalue weighted by atomic mass is 16.5. The maximum absolute atomic E-state index is 11.6. The van der Waals surface area contributed by atoms with Crippen molar-refractivity contribution in [2.24, 2.45) is 5.92 Å². The molecule has 6 nitrogen and oxygen atoms in total. The van der Waals surface area contributed by atoms with Crippen LogP contribution in [-0.4, -0.2) is 35.8 Å². The van der Waals surface area contributed by atoms with Crippen LogP contribution >= 0.6 is 0 Å². The minimum Gasteiger partial charge on any atom is -0.492 e. The van der Waals surface area contributed by atoms with E-state index < -0.39 is 5.97 Å². The molecule has 1 unspecified atom stereocenters. The maximum atomic E-state index is 11.6. The molecule has 1 saturated heterocycles. The summed E-state index contributed by atoms with van der Waals surface area (Å²) in [5.41, 5.74) is 8.65. The van der Waals surface area contributed by atoms with Crippen molar-refractivity contribution in [3.8, 4) is 5.75 Å². The average molecular weight is 343 g/mol. The number of carboxylic acids is 1. The number of ether oxygens (including phenoxy) is 1. The number of nitrogens with two attached hydrogens (primary N) is 1. The van der Waals surface area contributed by atoms with Gasteiger partial charge in [0, 0.05) is 12.5 Å². The van der Waals surface area contributed by atoms with Crippen molar-refractivity contribution in [3.63, 3.8) is 0 Å². The first-order valence-electron chi connectivity index (χ1n) is 8.81. The van der Waals surface area contributed by atoms with Crippen molar-refractivity contribution in [2.45, 2.75) is 33.1 Å². The number of nitrogens with one attached hydrogen (secondary N) is 1. The van der Waals surface area contributed by atoms with E-state index in [1.807, 2.05) is 19.1 Å². The van der Waals surface area contributed by atoms with Crippen LogP contribution in [0, 0.1) is 12.8 Å². The number of anilines is 1. The molecule has 134 valence electrons. The molecule has 1 aromatic heterocycles. The zero-order chi connectivity index (χ0) is 18.0. The summed E-state index contributed by atoms with van der Waals surface area (Å²) in [6, 6.07) is 3.88. The second-order valence-corrected chi connectivity index (χ2v) is 6.62. The van der Waals surface area contributed by atoms with Crippen LogP contribution in [0.25, 0.3) is 10.9 Å². The van der Waals surface area contributed by atoms with Crippen LogP contribution in [0.5, 0.6) is 5.75 Å². The fourth-order valence-corrected chi connectivity index (χ4v) is 3.51. The van der Waals surface area contributed by atoms with Crippen LogP contribution in [0.2, 0.25) is 0 Å². The Morgan fingerprint density at radius 1 is 1.48 bits per heavy atom. The fourth-order valence-electron chi connectivity index (χ4n) is 3.51. The number of benzene rings is 1. The predicted molar refractivity (Wildman–Crippen MR) is 98.3 cm³/mol. The van der Waals surface area contributed by atoms with E-state index in [-0.39, 0.29) is 11.3 Å². The van der Waals surface area contributed by atoms with E-state index in [0.717, 1.165) is 37.9 Å². The number of nitrogen functional groups attached to an aromatic ring is 1. The summed E-state index contributed by atoms with van der Waals surface area (Å²) >= 11 is 0. The Labute approximate surface area is 147 Å². The predicted octanol–water partition coefficient (Wildman–Crippen LogP) is 2.76. The summed E-state index contributed by atoms with van der Waals surface area (Å²) in [4.78, 5) is 16.0. The standard InChI is InChI=1S/C19H25N3O3/c1-3-13-6-7-14-16(17(20)15(19(23)24)11(2)22-14)18(13)25-10-12-5-4-8-21-9-12/h6-7,12,21H,3-5,8-10H2,1-2H3,(H2,20,22)(H,23,24). The molecule has 4 N–H and O–H groups in total. The number of carbonyl (C=O) groups is 1. The lowest BCUT2D eigenvalue weighted by atomic mass is 10.00. The van der Waals surface area contributed by atoms with Crippen LogP contribution in [-0.2, 0) is 6.42 Å². The van der Waals surface area contributed by atoms with Gasteiger partial charge in [0.05, 0.1) is 28.9 Å². The molecule has 0 radical (unpaired) electrons. The van der Waals surface area contributed by atoms with Crippen molar-refractivity contribution >= 4 is 22.6 Å². The molecular weight excluding hydrogens is 318 g/mol. The van der Waals surface area contributed by atoms with Gasteiger partial charge < -0.3 is 20.9 Å². The lowest BCUT2D eigenvalue weighted by Gasteiger charge is -2.24. The van der Waals surface area contributed by atoms with Gasteiger partial charge in [-0.25, -0.2) is 4.79 Å². The van der Waals surface area contributed by atoms with Crippen LogP contribution in [0.3, 0.4) is 0 Å². The lowest BCUT2D eigenvalue weighted by molar-refractivity contribution is 0.0697. The number of hydrogen-bond acceptors (Lipinski definition) is 5. The molecule has 1 fully saturated rings. The zero-order valence-corrected chi connectivity index (χ0v) is 14.8. The van der Waals surface area contributed by atoms with Crippen molar-refractivity contribution in [1.82, 2.24) is 10.3 Å². The average Bonchev–Trinajstić information content (AvgIpc) is 2.60. The fraction of sp³-hybridized carbons (Fsp3) is 0.474. The number of aromatic carboxylic acids is 1. The number of hydrogen-bond donors (Lipinski definition) is 3. The van der Waals surface area contributed by atoms with Gasteiger partial charge >= 0.3 is 5.97 Å². The Hall–Kier alpha value is -2.34. The van der Waals surface area contributed by atoms with Gasteiger partial charge in [0.25, 0.3) is 0 Å². The summed E-state index contributed by atoms with van der Waals surface area (Å²) in [6.07, 6.45) is 3.06. The molecular formula is C19H25N3O3. The molecule has 2 aromatic rings. The minimum atomic E-state index is -1.06. The molecule has 3 rings (SSSR count). The number of pyridine rings is 1. The Kier molecular flexibility index (Phi) is 5.08. The van der Waals surface area contributed by atoms with Crippen LogP contribution < -0.4 is 15.8 Å². The van der Waals surface area contributed by atoms with Gasteiger partial charge in [-0.1, -0.05) is 13.0 Å². The van der Waals surface area contributed by atoms with Crippen LogP contribution in [0.1, 0.15) is 41.4 Å². The summed E-state index contributed by atoms with van der Waals surface area (Å²) in [7, 11) is 0. The van der Waals surface area contributed by atoms with Crippen LogP contribution in [0.4, 0.5) is 5.69 Å². The molecule has 2 heterocycles. The Morgan fingerprint density at radius 3 is 2.92 bits per heavy atom. The number of aryl methyl sites for hydroxylation is 2. The van der Waals surface area contributed by atoms with Gasteiger partial charge in [-0.05, 0) is 44.4 Å². The molecule has 0 spiro atoms. The van der Waals surface area contributed by atoms with E-state index in [1.165, 1.54) is 0 Å². The number of nitrogens with zero attached hydrogens (tertiary/aromatic N) is 1. The van der Waals surface area contributed by atoms with Gasteiger partial charge in [0.1, 0.15) is 11.3 Å². The second kappa shape index (κ2) is 7.27. The minimum absolute atomic E-state index is 0.0601. The van der Waals surface area contributed by atoms with E-state index in [1.54, 1.807) is 6.92 Å². The zero-order valence-electron chi connectivity index (χ0n) is 14.8. The number of piperidine rings is 1. The monoisotopic (exact) mass is 343 g/mol. The number of fused-ring (bicyclic) bond motifs is 1. The number of carboxylic acid groups (broad SMARTS) is 1. The number of aromatic nitrogens is 1. The molecule has 1 atom stereocenters. The lowest BCUT2D eigenvalue weighted by Crippen LogP contribution is -2.33. The highest BCUT2D eigenvalue weighted by Gasteiger charge is 2.22. The third-order valence-corrected chi connectivity index (χ3v) is 4.86. The van der Waals surface area contributed by atoms with E-state index >= 15 is 0 Å². The summed E-state index contributed by atoms with van der Waals surface area (Å²) in [5.74, 6) is 0.0686. The van der Waals surface area contributed by atoms with Gasteiger partial charge in [-0.15, -0.1) is 0 Å². The smallest absolute Gasteiger partial charge is 0.339 e. The Bertz CT molecular complexity index is 798. The van der Waals surface area contributed by atoms with Crippen molar-refractivity contribution < 1.29 is 14.6 Å². The second-order valence-electron chi connectivity index (χ2n) is 6.62. The molecule has 0 bridgehead atoms. The van der Waals surface area contributed by atoms with Gasteiger partial charge in [-0.2, -0.15) is 0 Å². The van der Waals surface area contributed by atoms with Gasteiger partial charge in [-0.3, -0.25) is 4.98 Å². The molecule has 1 aliphatic rings. The Morgan fingerprint density at radius 2 is 2.28 bits per heavy atom. The molecule has 0 amide bonds. The normalized spacial score (nSPS) is 17.6. The first kappa shape index (κ1) is 17.5. The van der Waals surface area contributed by atoms with Gasteiger partial charge in [0.2, 0.25) is 0 Å². The van der Waals surface area contributed by atoms with E-state index in [4.69, 9.17) is 10.5 Å². The third-order valence-electron chi connectivity index (χ3n) is 4.86. The highest BCUT2D eigenvalue weighted by Crippen LogP contribution is 2.37. The van der Waals surface area contributed by atoms with Crippen molar-refractivity contribution in [2.75, 3.05) is 25.4 Å². The topological polar surface area (TPSA) is 97.5 Å². The molecule has 1 aliphatic heterocycles. The quantitative estimate of drug-likeness (QED) is 0.772. The van der Waals surface area contributed by atoms with E-state index in [0.29, 0.717) is 34.9 Å². The largest absolute Gasteiger partial charge is 0.492 e. The Balaban J connectivity index is 2.07. The molecule has 6 heteroatoms. The van der Waals surface area contributed by atoms with Crippen molar-refractivity contribution in [3.05, 3.63) is 29.0 Å². The summed E-state index contributed by atoms with van der Waals surface area (Å²) in [5, 5.41) is 13.5. The first-order chi connectivity index (χ1) is 12.0. The summed E-state index contributed by atoms with van der Waals surface area (Å²) in [6.45, 7) is 6.31. The SMILES string of the molecule is CCc1ccc2nc(C)c(C(=O)O)c(N)c2c1OCC1CCCNC1. The van der Waals surface area contributed by atoms with E-state index in [2.05, 4.69) is 10.3 Å². The third kappa shape index (κ3) is 3.39. The van der Waals surface area contributed by atoms with Crippen molar-refractivity contribution in [1.29, 1.82) is 0 Å². The van der Waals surface area contributed by atoms with Crippen LogP contribution in [0.15, 0.2) is 12.1 Å². The molecule has 25 heavy (non-hydrogen) atoms. The van der Waals surface area contributed by atoms with E-state index in [9.17, 15) is 9.90 Å². The number of rotatable bonds is 5. The van der Waals surface area contributed by atoms with Gasteiger partial charge in [0.15, 0.2) is 0 Å². The summed E-state index contributed by atoms with van der Waals surface area (Å²) < 4.78 is 6.18. The molecule has 1 aromatic carbocycles. The molecule has 0 aliphatic carbocycles. The first-order valence-corrected chi connectivity index (χ1v) is 8.81. The maximum Gasteiger partial charge on any atom is 0.339 e.